The Morgan fingerprint density at radius 1 is 1.08 bits per heavy atom. The Kier molecular flexibility index (Phi) is 4.38. The number of hydrogen-bond donors (Lipinski definition) is 3. The second kappa shape index (κ2) is 6.47. The SMILES string of the molecule is CCC(=O)Nc1cccc(NC(=O)[C@H]2[C@H](C(=O)O)[C@H]3C=C[C@H]2C3)c1. The van der Waals surface area contributed by atoms with Gasteiger partial charge in [-0.2, -0.15) is 0 Å². The van der Waals surface area contributed by atoms with Gasteiger partial charge in [-0.25, -0.2) is 0 Å². The van der Waals surface area contributed by atoms with E-state index in [9.17, 15) is 19.5 Å². The number of carbonyl (C=O) groups excluding carboxylic acids is 2. The van der Waals surface area contributed by atoms with Crippen LogP contribution in [0.4, 0.5) is 11.4 Å². The Morgan fingerprint density at radius 2 is 1.71 bits per heavy atom. The molecule has 2 amide bonds. The molecule has 0 saturated heterocycles. The van der Waals surface area contributed by atoms with Crippen molar-refractivity contribution in [3.05, 3.63) is 36.4 Å². The molecular weight excluding hydrogens is 308 g/mol. The third-order valence-corrected chi connectivity index (χ3v) is 4.78. The van der Waals surface area contributed by atoms with E-state index in [1.54, 1.807) is 31.2 Å². The highest BCUT2D eigenvalue weighted by atomic mass is 16.4. The molecule has 0 heterocycles. The standard InChI is InChI=1S/C18H20N2O4/c1-2-14(21)19-12-4-3-5-13(9-12)20-17(22)15-10-6-7-11(8-10)16(15)18(23)24/h3-7,9-11,15-16H,2,8H2,1H3,(H,19,21)(H,20,22)(H,23,24)/t10-,11-,15+,16+/m0/s1. The van der Waals surface area contributed by atoms with Crippen LogP contribution in [0.1, 0.15) is 19.8 Å². The van der Waals surface area contributed by atoms with Gasteiger partial charge in [0.05, 0.1) is 11.8 Å². The predicted molar refractivity (Wildman–Crippen MR) is 89.3 cm³/mol. The lowest BCUT2D eigenvalue weighted by atomic mass is 9.82. The van der Waals surface area contributed by atoms with E-state index in [-0.39, 0.29) is 23.7 Å². The summed E-state index contributed by atoms with van der Waals surface area (Å²) in [5.74, 6) is -2.59. The number of nitrogens with one attached hydrogen (secondary N) is 2. The van der Waals surface area contributed by atoms with Crippen molar-refractivity contribution in [3.63, 3.8) is 0 Å². The number of carboxylic acid groups (broad SMARTS) is 1. The number of amides is 2. The molecule has 24 heavy (non-hydrogen) atoms. The molecule has 1 aromatic rings. The van der Waals surface area contributed by atoms with Crippen molar-refractivity contribution < 1.29 is 19.5 Å². The molecule has 2 aliphatic rings. The summed E-state index contributed by atoms with van der Waals surface area (Å²) in [5.41, 5.74) is 1.15. The maximum absolute atomic E-state index is 12.6. The fourth-order valence-corrected chi connectivity index (χ4v) is 3.67. The van der Waals surface area contributed by atoms with Gasteiger partial charge in [-0.05, 0) is 36.5 Å². The average molecular weight is 328 g/mol. The van der Waals surface area contributed by atoms with Gasteiger partial charge in [-0.1, -0.05) is 25.1 Å². The van der Waals surface area contributed by atoms with Gasteiger partial charge in [0.1, 0.15) is 0 Å². The number of aliphatic carboxylic acids is 1. The van der Waals surface area contributed by atoms with Crippen LogP contribution in [0.25, 0.3) is 0 Å². The van der Waals surface area contributed by atoms with Gasteiger partial charge in [-0.15, -0.1) is 0 Å². The van der Waals surface area contributed by atoms with Crippen molar-refractivity contribution in [2.24, 2.45) is 23.7 Å². The number of carboxylic acids is 1. The third-order valence-electron chi connectivity index (χ3n) is 4.78. The first-order chi connectivity index (χ1) is 11.5. The van der Waals surface area contributed by atoms with E-state index in [0.29, 0.717) is 17.8 Å². The fraction of sp³-hybridized carbons (Fsp3) is 0.389. The van der Waals surface area contributed by atoms with E-state index in [1.165, 1.54) is 0 Å². The van der Waals surface area contributed by atoms with E-state index in [4.69, 9.17) is 0 Å². The van der Waals surface area contributed by atoms with Crippen molar-refractivity contribution in [2.75, 3.05) is 10.6 Å². The van der Waals surface area contributed by atoms with Crippen LogP contribution in [-0.2, 0) is 14.4 Å². The van der Waals surface area contributed by atoms with Crippen LogP contribution in [0.2, 0.25) is 0 Å². The number of allylic oxidation sites excluding steroid dienone is 2. The lowest BCUT2D eigenvalue weighted by molar-refractivity contribution is -0.146. The minimum atomic E-state index is -0.920. The maximum Gasteiger partial charge on any atom is 0.307 e. The van der Waals surface area contributed by atoms with Gasteiger partial charge < -0.3 is 15.7 Å². The van der Waals surface area contributed by atoms with Crippen LogP contribution < -0.4 is 10.6 Å². The fourth-order valence-electron chi connectivity index (χ4n) is 3.67. The first-order valence-electron chi connectivity index (χ1n) is 8.11. The molecule has 0 radical (unpaired) electrons. The number of hydrogen-bond acceptors (Lipinski definition) is 3. The summed E-state index contributed by atoms with van der Waals surface area (Å²) in [6, 6.07) is 6.86. The van der Waals surface area contributed by atoms with Crippen LogP contribution in [0.3, 0.4) is 0 Å². The molecule has 1 saturated carbocycles. The summed E-state index contributed by atoms with van der Waals surface area (Å²) in [5, 5.41) is 15.0. The van der Waals surface area contributed by atoms with Crippen LogP contribution in [0, 0.1) is 23.7 Å². The molecule has 2 aliphatic carbocycles. The number of fused-ring (bicyclic) bond motifs is 2. The highest BCUT2D eigenvalue weighted by Crippen LogP contribution is 2.48. The zero-order valence-corrected chi connectivity index (χ0v) is 13.4. The van der Waals surface area contributed by atoms with Gasteiger partial charge >= 0.3 is 5.97 Å². The minimum absolute atomic E-state index is 0.0147. The maximum atomic E-state index is 12.6. The molecule has 6 heteroatoms. The van der Waals surface area contributed by atoms with E-state index in [1.807, 2.05) is 12.2 Å². The van der Waals surface area contributed by atoms with Gasteiger partial charge in [-0.3, -0.25) is 14.4 Å². The molecule has 0 aliphatic heterocycles. The number of carbonyl (C=O) groups is 3. The zero-order chi connectivity index (χ0) is 17.3. The van der Waals surface area contributed by atoms with Gasteiger partial charge in [0, 0.05) is 17.8 Å². The third kappa shape index (κ3) is 3.04. The minimum Gasteiger partial charge on any atom is -0.481 e. The van der Waals surface area contributed by atoms with Crippen LogP contribution in [-0.4, -0.2) is 22.9 Å². The Morgan fingerprint density at radius 3 is 2.33 bits per heavy atom. The lowest BCUT2D eigenvalue weighted by Gasteiger charge is -2.24. The first-order valence-corrected chi connectivity index (χ1v) is 8.11. The summed E-state index contributed by atoms with van der Waals surface area (Å²) in [6.45, 7) is 1.76. The molecule has 2 bridgehead atoms. The quantitative estimate of drug-likeness (QED) is 0.724. The lowest BCUT2D eigenvalue weighted by Crippen LogP contribution is -2.36. The number of benzene rings is 1. The van der Waals surface area contributed by atoms with Crippen molar-refractivity contribution in [1.82, 2.24) is 0 Å². The Balaban J connectivity index is 1.73. The highest BCUT2D eigenvalue weighted by molar-refractivity contribution is 5.97. The molecule has 3 N–H and O–H groups in total. The predicted octanol–water partition coefficient (Wildman–Crippen LogP) is 2.50. The Bertz CT molecular complexity index is 713. The topological polar surface area (TPSA) is 95.5 Å². The monoisotopic (exact) mass is 328 g/mol. The molecule has 1 fully saturated rings. The zero-order valence-electron chi connectivity index (χ0n) is 13.4. The smallest absolute Gasteiger partial charge is 0.307 e. The molecule has 1 aromatic carbocycles. The normalized spacial score (nSPS) is 27.0. The second-order valence-corrected chi connectivity index (χ2v) is 6.31. The van der Waals surface area contributed by atoms with E-state index in [0.717, 1.165) is 6.42 Å². The van der Waals surface area contributed by atoms with Crippen molar-refractivity contribution >= 4 is 29.2 Å². The largest absolute Gasteiger partial charge is 0.481 e. The molecule has 6 nitrogen and oxygen atoms in total. The van der Waals surface area contributed by atoms with E-state index >= 15 is 0 Å². The Hall–Kier alpha value is -2.63. The van der Waals surface area contributed by atoms with E-state index < -0.39 is 17.8 Å². The van der Waals surface area contributed by atoms with Crippen molar-refractivity contribution in [3.8, 4) is 0 Å². The Labute approximate surface area is 139 Å². The summed E-state index contributed by atoms with van der Waals surface area (Å²) < 4.78 is 0. The van der Waals surface area contributed by atoms with Gasteiger partial charge in [0.15, 0.2) is 0 Å². The van der Waals surface area contributed by atoms with Crippen molar-refractivity contribution in [1.29, 1.82) is 0 Å². The van der Waals surface area contributed by atoms with Crippen LogP contribution >= 0.6 is 0 Å². The number of rotatable bonds is 5. The average Bonchev–Trinajstić information content (AvgIpc) is 3.15. The van der Waals surface area contributed by atoms with Crippen molar-refractivity contribution in [2.45, 2.75) is 19.8 Å². The second-order valence-electron chi connectivity index (χ2n) is 6.31. The summed E-state index contributed by atoms with van der Waals surface area (Å²) in [7, 11) is 0. The molecule has 0 unspecified atom stereocenters. The van der Waals surface area contributed by atoms with Gasteiger partial charge in [0.2, 0.25) is 11.8 Å². The molecule has 0 aromatic heterocycles. The summed E-state index contributed by atoms with van der Waals surface area (Å²) in [4.78, 5) is 35.6. The van der Waals surface area contributed by atoms with Gasteiger partial charge in [0.25, 0.3) is 0 Å². The number of anilines is 2. The highest BCUT2D eigenvalue weighted by Gasteiger charge is 2.51. The summed E-state index contributed by atoms with van der Waals surface area (Å²) >= 11 is 0. The molecule has 0 spiro atoms. The van der Waals surface area contributed by atoms with E-state index in [2.05, 4.69) is 10.6 Å². The van der Waals surface area contributed by atoms with Crippen LogP contribution in [0.15, 0.2) is 36.4 Å². The molecular formula is C18H20N2O4. The summed E-state index contributed by atoms with van der Waals surface area (Å²) in [6.07, 6.45) is 4.95. The molecule has 3 rings (SSSR count). The first kappa shape index (κ1) is 16.2. The van der Waals surface area contributed by atoms with Crippen LogP contribution in [0.5, 0.6) is 0 Å². The molecule has 4 atom stereocenters. The molecule has 126 valence electrons.